The molecule has 19 heavy (non-hydrogen) atoms. The van der Waals surface area contributed by atoms with Crippen LogP contribution in [0, 0.1) is 0 Å². The maximum Gasteiger partial charge on any atom is 0.241 e. The summed E-state index contributed by atoms with van der Waals surface area (Å²) >= 11 is 0. The Balaban J connectivity index is 2.99. The fourth-order valence-corrected chi connectivity index (χ4v) is 3.20. The summed E-state index contributed by atoms with van der Waals surface area (Å²) in [6, 6.07) is 7.38. The van der Waals surface area contributed by atoms with Gasteiger partial charge in [0.05, 0.1) is 4.90 Å². The molecule has 5 heteroatoms. The second kappa shape index (κ2) is 7.03. The van der Waals surface area contributed by atoms with E-state index in [0.717, 1.165) is 12.0 Å². The Hall–Kier alpha value is -0.910. The zero-order valence-electron chi connectivity index (χ0n) is 12.1. The smallest absolute Gasteiger partial charge is 0.241 e. The van der Waals surface area contributed by atoms with E-state index in [2.05, 4.69) is 10.0 Å². The van der Waals surface area contributed by atoms with Crippen molar-refractivity contribution in [3.63, 3.8) is 0 Å². The minimum absolute atomic E-state index is 0.0592. The maximum atomic E-state index is 12.3. The third kappa shape index (κ3) is 4.93. The molecule has 1 aromatic carbocycles. The van der Waals surface area contributed by atoms with Gasteiger partial charge in [-0.2, -0.15) is 0 Å². The van der Waals surface area contributed by atoms with Gasteiger partial charge in [-0.25, -0.2) is 13.1 Å². The lowest BCUT2D eigenvalue weighted by molar-refractivity contribution is 0.549. The molecule has 0 aromatic heterocycles. The fourth-order valence-electron chi connectivity index (χ4n) is 1.64. The van der Waals surface area contributed by atoms with Crippen molar-refractivity contribution in [2.75, 3.05) is 0 Å². The Kier molecular flexibility index (Phi) is 5.97. The van der Waals surface area contributed by atoms with Crippen LogP contribution in [0.2, 0.25) is 0 Å². The summed E-state index contributed by atoms with van der Waals surface area (Å²) in [5.74, 6) is 0. The highest BCUT2D eigenvalue weighted by Crippen LogP contribution is 2.16. The van der Waals surface area contributed by atoms with Gasteiger partial charge in [0.2, 0.25) is 10.0 Å². The van der Waals surface area contributed by atoms with Gasteiger partial charge in [-0.1, -0.05) is 39.0 Å². The second-order valence-corrected chi connectivity index (χ2v) is 6.76. The minimum Gasteiger partial charge on any atom is -0.310 e. The van der Waals surface area contributed by atoms with Gasteiger partial charge in [0.1, 0.15) is 0 Å². The van der Waals surface area contributed by atoms with Crippen LogP contribution in [0.5, 0.6) is 0 Å². The number of hydrogen-bond donors (Lipinski definition) is 2. The molecule has 0 saturated heterocycles. The number of hydrogen-bond acceptors (Lipinski definition) is 3. The predicted molar refractivity (Wildman–Crippen MR) is 78.5 cm³/mol. The van der Waals surface area contributed by atoms with E-state index in [4.69, 9.17) is 0 Å². The lowest BCUT2D eigenvalue weighted by Gasteiger charge is -2.16. The van der Waals surface area contributed by atoms with Gasteiger partial charge in [-0.3, -0.25) is 0 Å². The summed E-state index contributed by atoms with van der Waals surface area (Å²) in [4.78, 5) is 0.364. The summed E-state index contributed by atoms with van der Waals surface area (Å²) in [5, 5.41) is 3.25. The summed E-state index contributed by atoms with van der Waals surface area (Å²) in [5.41, 5.74) is 0.798. The Bertz CT molecular complexity index is 498. The highest BCUT2D eigenvalue weighted by Gasteiger charge is 2.19. The first-order valence-electron chi connectivity index (χ1n) is 6.70. The molecule has 1 unspecified atom stereocenters. The molecular weight excluding hydrogens is 260 g/mol. The Morgan fingerprint density at radius 3 is 2.37 bits per heavy atom. The van der Waals surface area contributed by atoms with Crippen LogP contribution < -0.4 is 10.0 Å². The van der Waals surface area contributed by atoms with Crippen LogP contribution in [0.4, 0.5) is 0 Å². The molecule has 0 aliphatic heterocycles. The van der Waals surface area contributed by atoms with Crippen LogP contribution in [0.1, 0.15) is 39.7 Å². The van der Waals surface area contributed by atoms with Gasteiger partial charge in [0.15, 0.2) is 0 Å². The van der Waals surface area contributed by atoms with Gasteiger partial charge < -0.3 is 5.32 Å². The highest BCUT2D eigenvalue weighted by atomic mass is 32.2. The van der Waals surface area contributed by atoms with Crippen LogP contribution in [0.25, 0.3) is 0 Å². The number of rotatable bonds is 7. The highest BCUT2D eigenvalue weighted by molar-refractivity contribution is 7.89. The van der Waals surface area contributed by atoms with E-state index in [9.17, 15) is 8.42 Å². The number of sulfonamides is 1. The molecule has 0 fully saturated rings. The normalized spacial score (nSPS) is 13.7. The molecule has 1 aromatic rings. The number of benzene rings is 1. The summed E-state index contributed by atoms with van der Waals surface area (Å²) in [6.07, 6.45) is 0.769. The van der Waals surface area contributed by atoms with Gasteiger partial charge in [-0.15, -0.1) is 0 Å². The zero-order chi connectivity index (χ0) is 14.5. The van der Waals surface area contributed by atoms with Crippen LogP contribution in [0.15, 0.2) is 29.2 Å². The summed E-state index contributed by atoms with van der Waals surface area (Å²) in [6.45, 7) is 8.45. The van der Waals surface area contributed by atoms with Gasteiger partial charge in [-0.05, 0) is 25.0 Å². The molecule has 108 valence electrons. The van der Waals surface area contributed by atoms with Crippen molar-refractivity contribution >= 4 is 10.0 Å². The molecule has 4 nitrogen and oxygen atoms in total. The first kappa shape index (κ1) is 16.1. The zero-order valence-corrected chi connectivity index (χ0v) is 12.9. The number of nitrogens with one attached hydrogen (secondary N) is 2. The van der Waals surface area contributed by atoms with Crippen molar-refractivity contribution < 1.29 is 8.42 Å². The van der Waals surface area contributed by atoms with Gasteiger partial charge in [0, 0.05) is 18.6 Å². The molecule has 0 spiro atoms. The van der Waals surface area contributed by atoms with Gasteiger partial charge in [0.25, 0.3) is 0 Å². The first-order valence-corrected chi connectivity index (χ1v) is 8.18. The van der Waals surface area contributed by atoms with Crippen molar-refractivity contribution in [3.05, 3.63) is 29.8 Å². The lowest BCUT2D eigenvalue weighted by Crippen LogP contribution is -2.33. The molecule has 1 atom stereocenters. The average Bonchev–Trinajstić information content (AvgIpc) is 2.36. The predicted octanol–water partition coefficient (Wildman–Crippen LogP) is 2.26. The first-order chi connectivity index (χ1) is 8.86. The molecule has 2 N–H and O–H groups in total. The van der Waals surface area contributed by atoms with Crippen LogP contribution in [0.3, 0.4) is 0 Å². The van der Waals surface area contributed by atoms with Crippen LogP contribution in [-0.2, 0) is 16.6 Å². The molecular formula is C14H24N2O2S. The van der Waals surface area contributed by atoms with E-state index in [1.807, 2.05) is 39.8 Å². The Labute approximate surface area is 116 Å². The van der Waals surface area contributed by atoms with Gasteiger partial charge >= 0.3 is 0 Å². The third-order valence-electron chi connectivity index (χ3n) is 2.93. The van der Waals surface area contributed by atoms with Crippen molar-refractivity contribution in [1.82, 2.24) is 10.0 Å². The second-order valence-electron chi connectivity index (χ2n) is 5.07. The molecule has 0 radical (unpaired) electrons. The Morgan fingerprint density at radius 1 is 1.16 bits per heavy atom. The largest absolute Gasteiger partial charge is 0.310 e. The molecule has 0 aliphatic rings. The van der Waals surface area contributed by atoms with Crippen molar-refractivity contribution in [2.24, 2.45) is 0 Å². The van der Waals surface area contributed by atoms with E-state index in [0.29, 0.717) is 17.5 Å². The molecule has 0 aliphatic carbocycles. The molecule has 0 amide bonds. The summed E-state index contributed by atoms with van der Waals surface area (Å²) < 4.78 is 27.4. The van der Waals surface area contributed by atoms with E-state index in [1.165, 1.54) is 0 Å². The molecule has 1 rings (SSSR count). The third-order valence-corrected chi connectivity index (χ3v) is 4.62. The SMILES string of the molecule is CCC(C)NS(=O)(=O)c1ccccc1CNC(C)C. The van der Waals surface area contributed by atoms with E-state index < -0.39 is 10.0 Å². The monoisotopic (exact) mass is 284 g/mol. The maximum absolute atomic E-state index is 12.3. The van der Waals surface area contributed by atoms with Crippen LogP contribution in [-0.4, -0.2) is 20.5 Å². The standard InChI is InChI=1S/C14H24N2O2S/c1-5-12(4)16-19(17,18)14-9-7-6-8-13(14)10-15-11(2)3/h6-9,11-12,15-16H,5,10H2,1-4H3. The Morgan fingerprint density at radius 2 is 1.79 bits per heavy atom. The van der Waals surface area contributed by atoms with Crippen molar-refractivity contribution in [3.8, 4) is 0 Å². The van der Waals surface area contributed by atoms with Crippen molar-refractivity contribution in [1.29, 1.82) is 0 Å². The molecule has 0 heterocycles. The van der Waals surface area contributed by atoms with Crippen LogP contribution >= 0.6 is 0 Å². The fraction of sp³-hybridized carbons (Fsp3) is 0.571. The average molecular weight is 284 g/mol. The lowest BCUT2D eigenvalue weighted by atomic mass is 10.2. The summed E-state index contributed by atoms with van der Waals surface area (Å²) in [7, 11) is -3.44. The topological polar surface area (TPSA) is 58.2 Å². The molecule has 0 bridgehead atoms. The quantitative estimate of drug-likeness (QED) is 0.807. The van der Waals surface area contributed by atoms with E-state index in [1.54, 1.807) is 12.1 Å². The van der Waals surface area contributed by atoms with E-state index >= 15 is 0 Å². The minimum atomic E-state index is -3.44. The van der Waals surface area contributed by atoms with E-state index in [-0.39, 0.29) is 6.04 Å². The molecule has 0 saturated carbocycles. The van der Waals surface area contributed by atoms with Crippen molar-refractivity contribution in [2.45, 2.75) is 57.6 Å².